The largest absolute Gasteiger partial charge is 0.497 e. The third kappa shape index (κ3) is 11.4. The van der Waals surface area contributed by atoms with Gasteiger partial charge in [-0.15, -0.1) is 0 Å². The maximum absolute atomic E-state index is 14.4. The van der Waals surface area contributed by atoms with E-state index >= 15 is 0 Å². The van der Waals surface area contributed by atoms with Crippen molar-refractivity contribution in [3.8, 4) is 5.75 Å². The number of hydrogen-bond acceptors (Lipinski definition) is 5. The number of amides is 1. The van der Waals surface area contributed by atoms with Gasteiger partial charge in [0.2, 0.25) is 0 Å². The number of anilines is 4. The molecular formula is C46H63N3O4S. The molecule has 0 atom stereocenters. The Hall–Kier alpha value is -4.30. The second-order valence-electron chi connectivity index (χ2n) is 15.5. The van der Waals surface area contributed by atoms with Gasteiger partial charge in [-0.05, 0) is 108 Å². The van der Waals surface area contributed by atoms with Crippen molar-refractivity contribution in [3.63, 3.8) is 0 Å². The summed E-state index contributed by atoms with van der Waals surface area (Å²) in [5.41, 5.74) is 7.58. The summed E-state index contributed by atoms with van der Waals surface area (Å²) in [6, 6.07) is 22.8. The smallest absolute Gasteiger partial charge is 0.262 e. The predicted octanol–water partition coefficient (Wildman–Crippen LogP) is 12.9. The SMILES string of the molecule is CCCCCCCCCCc1ccccc1C(=O)Nc1cc(NS(=O)(=O)c2c(C(C)C)cc(C(C)C)cc2C(C)C)ccc1Nc1ccc(OC)cc1C. The molecule has 3 N–H and O–H groups in total. The molecule has 0 heterocycles. The van der Waals surface area contributed by atoms with Gasteiger partial charge in [0, 0.05) is 11.3 Å². The average Bonchev–Trinajstić information content (AvgIpc) is 3.13. The van der Waals surface area contributed by atoms with Crippen LogP contribution in [-0.4, -0.2) is 21.4 Å². The summed E-state index contributed by atoms with van der Waals surface area (Å²) in [5.74, 6) is 0.747. The lowest BCUT2D eigenvalue weighted by Gasteiger charge is -2.23. The number of sulfonamides is 1. The Morgan fingerprint density at radius 3 is 1.91 bits per heavy atom. The number of carbonyl (C=O) groups is 1. The molecule has 0 aliphatic carbocycles. The monoisotopic (exact) mass is 753 g/mol. The van der Waals surface area contributed by atoms with Crippen molar-refractivity contribution in [1.82, 2.24) is 0 Å². The van der Waals surface area contributed by atoms with Crippen molar-refractivity contribution in [3.05, 3.63) is 106 Å². The Morgan fingerprint density at radius 1 is 0.704 bits per heavy atom. The second kappa shape index (κ2) is 19.9. The fourth-order valence-corrected chi connectivity index (χ4v) is 8.62. The van der Waals surface area contributed by atoms with Crippen LogP contribution in [0.25, 0.3) is 0 Å². The van der Waals surface area contributed by atoms with Crippen molar-refractivity contribution >= 4 is 38.7 Å². The Balaban J connectivity index is 1.68. The summed E-state index contributed by atoms with van der Waals surface area (Å²) in [7, 11) is -2.38. The summed E-state index contributed by atoms with van der Waals surface area (Å²) in [5, 5.41) is 6.61. The molecule has 292 valence electrons. The van der Waals surface area contributed by atoms with Crippen molar-refractivity contribution in [2.45, 2.75) is 136 Å². The van der Waals surface area contributed by atoms with E-state index in [2.05, 4.69) is 36.1 Å². The van der Waals surface area contributed by atoms with Crippen LogP contribution in [-0.2, 0) is 16.4 Å². The van der Waals surface area contributed by atoms with Gasteiger partial charge in [-0.1, -0.05) is 124 Å². The van der Waals surface area contributed by atoms with Gasteiger partial charge in [0.1, 0.15) is 5.75 Å². The Labute approximate surface area is 325 Å². The number of methoxy groups -OCH3 is 1. The van der Waals surface area contributed by atoms with Crippen LogP contribution in [0.5, 0.6) is 5.75 Å². The van der Waals surface area contributed by atoms with E-state index in [-0.39, 0.29) is 23.7 Å². The number of aryl methyl sites for hydroxylation is 2. The fourth-order valence-electron chi connectivity index (χ4n) is 6.87. The van der Waals surface area contributed by atoms with Crippen molar-refractivity contribution < 1.29 is 17.9 Å². The van der Waals surface area contributed by atoms with E-state index in [1.807, 2.05) is 89.2 Å². The van der Waals surface area contributed by atoms with Gasteiger partial charge >= 0.3 is 0 Å². The molecule has 0 aliphatic heterocycles. The number of hydrogen-bond donors (Lipinski definition) is 3. The van der Waals surface area contributed by atoms with E-state index < -0.39 is 10.0 Å². The first-order valence-corrected chi connectivity index (χ1v) is 21.4. The minimum Gasteiger partial charge on any atom is -0.497 e. The Morgan fingerprint density at radius 2 is 1.31 bits per heavy atom. The van der Waals surface area contributed by atoms with Crippen LogP contribution in [0, 0.1) is 6.92 Å². The van der Waals surface area contributed by atoms with Gasteiger partial charge in [0.25, 0.3) is 15.9 Å². The van der Waals surface area contributed by atoms with Crippen LogP contribution in [0.1, 0.15) is 156 Å². The van der Waals surface area contributed by atoms with Crippen LogP contribution in [0.2, 0.25) is 0 Å². The highest BCUT2D eigenvalue weighted by Gasteiger charge is 2.27. The van der Waals surface area contributed by atoms with E-state index in [0.29, 0.717) is 27.5 Å². The lowest BCUT2D eigenvalue weighted by atomic mass is 9.89. The van der Waals surface area contributed by atoms with E-state index in [1.54, 1.807) is 25.3 Å². The lowest BCUT2D eigenvalue weighted by Crippen LogP contribution is -2.20. The normalized spacial score (nSPS) is 11.7. The third-order valence-electron chi connectivity index (χ3n) is 10.1. The van der Waals surface area contributed by atoms with Crippen molar-refractivity contribution in [2.24, 2.45) is 0 Å². The van der Waals surface area contributed by atoms with Crippen LogP contribution in [0.3, 0.4) is 0 Å². The molecule has 0 radical (unpaired) electrons. The predicted molar refractivity (Wildman–Crippen MR) is 228 cm³/mol. The van der Waals surface area contributed by atoms with Gasteiger partial charge in [-0.25, -0.2) is 8.42 Å². The summed E-state index contributed by atoms with van der Waals surface area (Å²) >= 11 is 0. The minimum absolute atomic E-state index is 0.00667. The zero-order valence-corrected chi connectivity index (χ0v) is 34.9. The van der Waals surface area contributed by atoms with Gasteiger partial charge in [-0.3, -0.25) is 9.52 Å². The average molecular weight is 754 g/mol. The van der Waals surface area contributed by atoms with E-state index in [4.69, 9.17) is 4.74 Å². The minimum atomic E-state index is -4.02. The van der Waals surface area contributed by atoms with Gasteiger partial charge in [0.15, 0.2) is 0 Å². The zero-order valence-electron chi connectivity index (χ0n) is 34.1. The number of carbonyl (C=O) groups excluding carboxylic acids is 1. The molecule has 0 unspecified atom stereocenters. The molecule has 0 fully saturated rings. The van der Waals surface area contributed by atoms with Crippen molar-refractivity contribution in [2.75, 3.05) is 22.5 Å². The number of ether oxygens (including phenoxy) is 1. The third-order valence-corrected chi connectivity index (χ3v) is 11.6. The highest BCUT2D eigenvalue weighted by atomic mass is 32.2. The molecule has 0 aromatic heterocycles. The molecule has 0 saturated heterocycles. The quantitative estimate of drug-likeness (QED) is 0.0781. The first kappa shape index (κ1) is 42.4. The molecule has 4 rings (SSSR count). The molecule has 0 aliphatic rings. The Kier molecular flexibility index (Phi) is 15.6. The van der Waals surface area contributed by atoms with Crippen LogP contribution in [0.15, 0.2) is 77.7 Å². The Bertz CT molecular complexity index is 1940. The molecule has 4 aromatic carbocycles. The highest BCUT2D eigenvalue weighted by Crippen LogP contribution is 2.38. The fraction of sp³-hybridized carbons (Fsp3) is 0.457. The molecule has 4 aromatic rings. The molecule has 54 heavy (non-hydrogen) atoms. The number of benzene rings is 4. The summed E-state index contributed by atoms with van der Waals surface area (Å²) in [6.45, 7) is 16.6. The van der Waals surface area contributed by atoms with Crippen molar-refractivity contribution in [1.29, 1.82) is 0 Å². The lowest BCUT2D eigenvalue weighted by molar-refractivity contribution is 0.102. The molecule has 0 spiro atoms. The summed E-state index contributed by atoms with van der Waals surface area (Å²) in [6.07, 6.45) is 10.6. The maximum Gasteiger partial charge on any atom is 0.262 e. The van der Waals surface area contributed by atoms with Crippen LogP contribution >= 0.6 is 0 Å². The topological polar surface area (TPSA) is 96.5 Å². The van der Waals surface area contributed by atoms with Gasteiger partial charge in [0.05, 0.1) is 29.1 Å². The van der Waals surface area contributed by atoms with Crippen LogP contribution in [0.4, 0.5) is 22.7 Å². The van der Waals surface area contributed by atoms with E-state index in [0.717, 1.165) is 58.5 Å². The molecule has 0 saturated carbocycles. The molecule has 0 bridgehead atoms. The maximum atomic E-state index is 14.4. The van der Waals surface area contributed by atoms with E-state index in [1.165, 1.54) is 38.5 Å². The molecular weight excluding hydrogens is 691 g/mol. The van der Waals surface area contributed by atoms with Crippen LogP contribution < -0.4 is 20.1 Å². The highest BCUT2D eigenvalue weighted by molar-refractivity contribution is 7.92. The standard InChI is InChI=1S/C46H63N3O4S/c1-10-11-12-13-14-15-16-17-20-35-21-18-19-22-39(35)46(50)48-44-30-37(23-25-43(44)47-42-26-24-38(53-9)27-34(42)8)49-54(51,52)45-40(32(4)5)28-36(31(2)3)29-41(45)33(6)7/h18-19,21-33,47,49H,10-17,20H2,1-9H3,(H,48,50). The first-order chi connectivity index (χ1) is 25.7. The molecule has 8 heteroatoms. The number of rotatable bonds is 20. The zero-order chi connectivity index (χ0) is 39.4. The molecule has 7 nitrogen and oxygen atoms in total. The number of unbranched alkanes of at least 4 members (excludes halogenated alkanes) is 7. The summed E-state index contributed by atoms with van der Waals surface area (Å²) in [4.78, 5) is 14.4. The van der Waals surface area contributed by atoms with E-state index in [9.17, 15) is 13.2 Å². The first-order valence-electron chi connectivity index (χ1n) is 19.9. The molecule has 1 amide bonds. The van der Waals surface area contributed by atoms with Gasteiger partial charge in [-0.2, -0.15) is 0 Å². The summed E-state index contributed by atoms with van der Waals surface area (Å²) < 4.78 is 37.1. The van der Waals surface area contributed by atoms with Gasteiger partial charge < -0.3 is 15.4 Å². The second-order valence-corrected chi connectivity index (χ2v) is 17.1. The number of nitrogens with one attached hydrogen (secondary N) is 3.